The Hall–Kier alpha value is -0.760. The minimum absolute atomic E-state index is 0.165. The summed E-state index contributed by atoms with van der Waals surface area (Å²) in [6.45, 7) is 10.8. The molecule has 2 nitrogen and oxygen atoms in total. The molecule has 0 aliphatic rings. The monoisotopic (exact) mass is 195 g/mol. The van der Waals surface area contributed by atoms with Crippen LogP contribution in [0.15, 0.2) is 16.7 Å². The SMILES string of the molecule is CCC(C)(C)NC(C)c1occc1C. The number of nitrogens with one attached hydrogen (secondary N) is 1. The molecule has 0 aliphatic heterocycles. The Morgan fingerprint density at radius 3 is 2.57 bits per heavy atom. The highest BCUT2D eigenvalue weighted by atomic mass is 16.3. The van der Waals surface area contributed by atoms with Gasteiger partial charge < -0.3 is 9.73 Å². The summed E-state index contributed by atoms with van der Waals surface area (Å²) in [6, 6.07) is 2.28. The molecule has 0 amide bonds. The van der Waals surface area contributed by atoms with Crippen molar-refractivity contribution in [2.45, 2.75) is 52.6 Å². The lowest BCUT2D eigenvalue weighted by Crippen LogP contribution is -2.40. The first-order valence-corrected chi connectivity index (χ1v) is 5.28. The standard InChI is InChI=1S/C12H21NO/c1-6-12(4,5)13-10(3)11-9(2)7-8-14-11/h7-8,10,13H,6H2,1-5H3. The highest BCUT2D eigenvalue weighted by Crippen LogP contribution is 2.21. The van der Waals surface area contributed by atoms with Gasteiger partial charge in [0.1, 0.15) is 5.76 Å². The van der Waals surface area contributed by atoms with Crippen LogP contribution in [0.4, 0.5) is 0 Å². The zero-order valence-corrected chi connectivity index (χ0v) is 9.85. The molecule has 1 aromatic heterocycles. The van der Waals surface area contributed by atoms with Crippen LogP contribution in [0.5, 0.6) is 0 Å². The first-order chi connectivity index (χ1) is 6.46. The number of rotatable bonds is 4. The molecule has 1 aromatic rings. The fourth-order valence-corrected chi connectivity index (χ4v) is 1.58. The highest BCUT2D eigenvalue weighted by molar-refractivity contribution is 5.17. The number of aryl methyl sites for hydroxylation is 1. The molecule has 1 heterocycles. The van der Waals surface area contributed by atoms with Crippen LogP contribution < -0.4 is 5.32 Å². The molecular weight excluding hydrogens is 174 g/mol. The van der Waals surface area contributed by atoms with Crippen molar-refractivity contribution in [1.82, 2.24) is 5.32 Å². The Labute approximate surface area is 86.7 Å². The molecular formula is C12H21NO. The Bertz CT molecular complexity index is 288. The van der Waals surface area contributed by atoms with Gasteiger partial charge in [-0.2, -0.15) is 0 Å². The van der Waals surface area contributed by atoms with Crippen LogP contribution >= 0.6 is 0 Å². The molecule has 1 atom stereocenters. The average Bonchev–Trinajstić information content (AvgIpc) is 2.51. The van der Waals surface area contributed by atoms with Gasteiger partial charge in [0.2, 0.25) is 0 Å². The van der Waals surface area contributed by atoms with Crippen LogP contribution in [0.25, 0.3) is 0 Å². The lowest BCUT2D eigenvalue weighted by molar-refractivity contribution is 0.308. The lowest BCUT2D eigenvalue weighted by atomic mass is 10.00. The third-order valence-electron chi connectivity index (χ3n) is 2.79. The normalized spacial score (nSPS) is 14.4. The summed E-state index contributed by atoms with van der Waals surface area (Å²) < 4.78 is 5.45. The van der Waals surface area contributed by atoms with Gasteiger partial charge >= 0.3 is 0 Å². The third kappa shape index (κ3) is 2.61. The number of hydrogen-bond acceptors (Lipinski definition) is 2. The maximum absolute atomic E-state index is 5.45. The van der Waals surface area contributed by atoms with E-state index in [2.05, 4.69) is 39.9 Å². The Kier molecular flexibility index (Phi) is 3.38. The second-order valence-corrected chi connectivity index (χ2v) is 4.57. The second-order valence-electron chi connectivity index (χ2n) is 4.57. The largest absolute Gasteiger partial charge is 0.467 e. The van der Waals surface area contributed by atoms with Crippen molar-refractivity contribution < 1.29 is 4.42 Å². The molecule has 0 aliphatic carbocycles. The van der Waals surface area contributed by atoms with Gasteiger partial charge in [-0.15, -0.1) is 0 Å². The van der Waals surface area contributed by atoms with E-state index < -0.39 is 0 Å². The van der Waals surface area contributed by atoms with E-state index in [0.29, 0.717) is 0 Å². The van der Waals surface area contributed by atoms with E-state index in [9.17, 15) is 0 Å². The van der Waals surface area contributed by atoms with E-state index in [1.165, 1.54) is 5.56 Å². The summed E-state index contributed by atoms with van der Waals surface area (Å²) >= 11 is 0. The highest BCUT2D eigenvalue weighted by Gasteiger charge is 2.20. The fraction of sp³-hybridized carbons (Fsp3) is 0.667. The predicted octanol–water partition coefficient (Wildman–Crippen LogP) is 3.43. The molecule has 0 spiro atoms. The smallest absolute Gasteiger partial charge is 0.123 e. The Morgan fingerprint density at radius 2 is 2.14 bits per heavy atom. The van der Waals surface area contributed by atoms with Crippen LogP contribution in [0.3, 0.4) is 0 Å². The van der Waals surface area contributed by atoms with Crippen molar-refractivity contribution in [2.24, 2.45) is 0 Å². The molecule has 1 unspecified atom stereocenters. The predicted molar refractivity (Wildman–Crippen MR) is 59.4 cm³/mol. The lowest BCUT2D eigenvalue weighted by Gasteiger charge is -2.28. The Morgan fingerprint density at radius 1 is 1.50 bits per heavy atom. The summed E-state index contributed by atoms with van der Waals surface area (Å²) in [5.74, 6) is 1.05. The zero-order valence-electron chi connectivity index (χ0n) is 9.85. The Balaban J connectivity index is 2.68. The molecule has 80 valence electrons. The topological polar surface area (TPSA) is 25.2 Å². The van der Waals surface area contributed by atoms with Crippen molar-refractivity contribution in [2.75, 3.05) is 0 Å². The molecule has 1 N–H and O–H groups in total. The van der Waals surface area contributed by atoms with Crippen LogP contribution in [-0.4, -0.2) is 5.54 Å². The molecule has 0 radical (unpaired) electrons. The van der Waals surface area contributed by atoms with E-state index in [1.54, 1.807) is 6.26 Å². The molecule has 0 aromatic carbocycles. The van der Waals surface area contributed by atoms with Crippen molar-refractivity contribution in [3.8, 4) is 0 Å². The summed E-state index contributed by atoms with van der Waals surface area (Å²) in [5, 5.41) is 3.56. The van der Waals surface area contributed by atoms with Crippen molar-refractivity contribution in [1.29, 1.82) is 0 Å². The average molecular weight is 195 g/mol. The van der Waals surface area contributed by atoms with E-state index >= 15 is 0 Å². The van der Waals surface area contributed by atoms with E-state index in [1.807, 2.05) is 6.07 Å². The number of furan rings is 1. The summed E-state index contributed by atoms with van der Waals surface area (Å²) in [6.07, 6.45) is 2.86. The van der Waals surface area contributed by atoms with Gasteiger partial charge in [0.05, 0.1) is 12.3 Å². The molecule has 0 fully saturated rings. The van der Waals surface area contributed by atoms with Gasteiger partial charge in [-0.25, -0.2) is 0 Å². The van der Waals surface area contributed by atoms with E-state index in [-0.39, 0.29) is 11.6 Å². The van der Waals surface area contributed by atoms with Gasteiger partial charge in [0.15, 0.2) is 0 Å². The summed E-state index contributed by atoms with van der Waals surface area (Å²) in [7, 11) is 0. The maximum Gasteiger partial charge on any atom is 0.123 e. The molecule has 0 saturated carbocycles. The second kappa shape index (κ2) is 4.18. The van der Waals surface area contributed by atoms with Gasteiger partial charge in [-0.1, -0.05) is 6.92 Å². The van der Waals surface area contributed by atoms with Crippen LogP contribution in [-0.2, 0) is 0 Å². The summed E-state index contributed by atoms with van der Waals surface area (Å²) in [5.41, 5.74) is 1.38. The first kappa shape index (κ1) is 11.3. The van der Waals surface area contributed by atoms with Crippen molar-refractivity contribution in [3.05, 3.63) is 23.7 Å². The number of hydrogen-bond donors (Lipinski definition) is 1. The van der Waals surface area contributed by atoms with Gasteiger partial charge in [0.25, 0.3) is 0 Å². The molecule has 0 bridgehead atoms. The van der Waals surface area contributed by atoms with Gasteiger partial charge in [-0.3, -0.25) is 0 Å². The van der Waals surface area contributed by atoms with Gasteiger partial charge in [0, 0.05) is 5.54 Å². The van der Waals surface area contributed by atoms with E-state index in [0.717, 1.165) is 12.2 Å². The maximum atomic E-state index is 5.45. The van der Waals surface area contributed by atoms with Gasteiger partial charge in [-0.05, 0) is 45.7 Å². The van der Waals surface area contributed by atoms with E-state index in [4.69, 9.17) is 4.42 Å². The quantitative estimate of drug-likeness (QED) is 0.796. The molecule has 14 heavy (non-hydrogen) atoms. The van der Waals surface area contributed by atoms with Crippen molar-refractivity contribution in [3.63, 3.8) is 0 Å². The molecule has 0 saturated heterocycles. The summed E-state index contributed by atoms with van der Waals surface area (Å²) in [4.78, 5) is 0. The molecule has 1 rings (SSSR count). The first-order valence-electron chi connectivity index (χ1n) is 5.28. The van der Waals surface area contributed by atoms with Crippen LogP contribution in [0.1, 0.15) is 51.5 Å². The minimum Gasteiger partial charge on any atom is -0.467 e. The molecule has 2 heteroatoms. The zero-order chi connectivity index (χ0) is 10.8. The fourth-order valence-electron chi connectivity index (χ4n) is 1.58. The minimum atomic E-state index is 0.165. The van der Waals surface area contributed by atoms with Crippen molar-refractivity contribution >= 4 is 0 Å². The third-order valence-corrected chi connectivity index (χ3v) is 2.79. The van der Waals surface area contributed by atoms with Crippen LogP contribution in [0.2, 0.25) is 0 Å². The van der Waals surface area contributed by atoms with Crippen LogP contribution in [0, 0.1) is 6.92 Å².